The Balaban J connectivity index is 1.70. The fraction of sp³-hybridized carbons (Fsp3) is 0.375. The Labute approximate surface area is 128 Å². The van der Waals surface area contributed by atoms with E-state index < -0.39 is 0 Å². The predicted molar refractivity (Wildman–Crippen MR) is 80.3 cm³/mol. The molecule has 0 saturated carbocycles. The largest absolute Gasteiger partial charge is 0.360 e. The van der Waals surface area contributed by atoms with Gasteiger partial charge in [-0.3, -0.25) is 4.79 Å². The minimum Gasteiger partial charge on any atom is -0.360 e. The maximum atomic E-state index is 12.3. The monoisotopic (exact) mass is 304 g/mol. The van der Waals surface area contributed by atoms with Crippen molar-refractivity contribution in [2.75, 3.05) is 0 Å². The normalized spacial score (nSPS) is 17.3. The number of amides is 1. The average Bonchev–Trinajstić information content (AvgIpc) is 2.88. The van der Waals surface area contributed by atoms with Crippen molar-refractivity contribution in [3.8, 4) is 0 Å². The van der Waals surface area contributed by atoms with Crippen molar-refractivity contribution in [3.05, 3.63) is 51.9 Å². The van der Waals surface area contributed by atoms with Gasteiger partial charge in [-0.1, -0.05) is 35.8 Å². The summed E-state index contributed by atoms with van der Waals surface area (Å²) in [4.78, 5) is 12.3. The van der Waals surface area contributed by atoms with E-state index in [0.29, 0.717) is 23.2 Å². The molecule has 1 aromatic heterocycles. The number of nitrogens with one attached hydrogen (secondary N) is 1. The molecule has 4 nitrogen and oxygen atoms in total. The third-order valence-corrected chi connectivity index (χ3v) is 4.08. The first kappa shape index (κ1) is 14.1. The van der Waals surface area contributed by atoms with Crippen molar-refractivity contribution >= 4 is 17.5 Å². The van der Waals surface area contributed by atoms with E-state index in [4.69, 9.17) is 16.1 Å². The lowest BCUT2D eigenvalue weighted by Gasteiger charge is -2.16. The molecule has 21 heavy (non-hydrogen) atoms. The highest BCUT2D eigenvalue weighted by Crippen LogP contribution is 2.27. The topological polar surface area (TPSA) is 55.1 Å². The molecule has 1 heterocycles. The van der Waals surface area contributed by atoms with E-state index >= 15 is 0 Å². The Morgan fingerprint density at radius 3 is 3.19 bits per heavy atom. The summed E-state index contributed by atoms with van der Waals surface area (Å²) in [5.74, 6) is 1.24. The summed E-state index contributed by atoms with van der Waals surface area (Å²) in [6, 6.07) is 7.43. The van der Waals surface area contributed by atoms with E-state index in [-0.39, 0.29) is 5.91 Å². The maximum Gasteiger partial charge on any atom is 0.274 e. The second-order valence-corrected chi connectivity index (χ2v) is 6.03. The van der Waals surface area contributed by atoms with Crippen molar-refractivity contribution in [1.82, 2.24) is 10.5 Å². The molecule has 3 rings (SSSR count). The Morgan fingerprint density at radius 1 is 1.52 bits per heavy atom. The van der Waals surface area contributed by atoms with E-state index in [0.717, 1.165) is 36.1 Å². The van der Waals surface area contributed by atoms with Gasteiger partial charge in [-0.15, -0.1) is 0 Å². The Bertz CT molecular complexity index is 666. The molecule has 0 bridgehead atoms. The van der Waals surface area contributed by atoms with E-state index in [2.05, 4.69) is 17.4 Å². The van der Waals surface area contributed by atoms with E-state index in [1.807, 2.05) is 24.3 Å². The summed E-state index contributed by atoms with van der Waals surface area (Å²) in [6.45, 7) is 2.61. The van der Waals surface area contributed by atoms with Crippen LogP contribution in [0.1, 0.15) is 40.7 Å². The number of rotatable bonds is 3. The van der Waals surface area contributed by atoms with E-state index in [1.165, 1.54) is 0 Å². The Kier molecular flexibility index (Phi) is 3.97. The van der Waals surface area contributed by atoms with Crippen molar-refractivity contribution in [3.63, 3.8) is 0 Å². The van der Waals surface area contributed by atoms with E-state index in [9.17, 15) is 4.79 Å². The minimum absolute atomic E-state index is 0.186. The van der Waals surface area contributed by atoms with Crippen LogP contribution in [0.5, 0.6) is 0 Å². The van der Waals surface area contributed by atoms with Crippen molar-refractivity contribution < 1.29 is 9.32 Å². The van der Waals surface area contributed by atoms with Crippen LogP contribution in [0.3, 0.4) is 0 Å². The second-order valence-electron chi connectivity index (χ2n) is 5.59. The second kappa shape index (κ2) is 5.90. The third-order valence-electron chi connectivity index (χ3n) is 3.84. The van der Waals surface area contributed by atoms with Gasteiger partial charge in [0.05, 0.1) is 0 Å². The fourth-order valence-corrected chi connectivity index (χ4v) is 2.88. The molecule has 1 amide bonds. The molecule has 1 aliphatic carbocycles. The molecule has 0 saturated heterocycles. The molecule has 0 aliphatic heterocycles. The number of carbonyl (C=O) groups excluding carboxylic acids is 1. The highest BCUT2D eigenvalue weighted by molar-refractivity contribution is 6.30. The summed E-state index contributed by atoms with van der Waals surface area (Å²) in [7, 11) is 0. The zero-order valence-corrected chi connectivity index (χ0v) is 12.6. The summed E-state index contributed by atoms with van der Waals surface area (Å²) < 4.78 is 5.30. The van der Waals surface area contributed by atoms with Crippen LogP contribution in [-0.2, 0) is 19.4 Å². The minimum atomic E-state index is -0.186. The smallest absolute Gasteiger partial charge is 0.274 e. The van der Waals surface area contributed by atoms with Crippen LogP contribution < -0.4 is 5.32 Å². The number of carbonyl (C=O) groups is 1. The number of halogens is 1. The van der Waals surface area contributed by atoms with Crippen LogP contribution in [0.15, 0.2) is 28.8 Å². The van der Waals surface area contributed by atoms with Crippen LogP contribution >= 0.6 is 11.6 Å². The summed E-state index contributed by atoms with van der Waals surface area (Å²) in [6.07, 6.45) is 2.82. The summed E-state index contributed by atoms with van der Waals surface area (Å²) in [5, 5.41) is 7.48. The van der Waals surface area contributed by atoms with Crippen molar-refractivity contribution in [1.29, 1.82) is 0 Å². The standard InChI is InChI=1S/C16H17ClN2O2/c1-10-5-6-14-13(7-10)15(19-21-14)16(20)18-9-11-3-2-4-12(17)8-11/h2-4,8,10H,5-7,9H2,1H3,(H,18,20). The van der Waals surface area contributed by atoms with Crippen LogP contribution in [-0.4, -0.2) is 11.1 Å². The predicted octanol–water partition coefficient (Wildman–Crippen LogP) is 3.38. The van der Waals surface area contributed by atoms with Gasteiger partial charge in [-0.2, -0.15) is 0 Å². The molecular formula is C16H17ClN2O2. The van der Waals surface area contributed by atoms with Gasteiger partial charge >= 0.3 is 0 Å². The van der Waals surface area contributed by atoms with Gasteiger partial charge in [0, 0.05) is 23.6 Å². The zero-order valence-electron chi connectivity index (χ0n) is 11.9. The Morgan fingerprint density at radius 2 is 2.38 bits per heavy atom. The molecule has 0 fully saturated rings. The van der Waals surface area contributed by atoms with Gasteiger partial charge in [0.15, 0.2) is 5.69 Å². The quantitative estimate of drug-likeness (QED) is 0.945. The first-order chi connectivity index (χ1) is 10.1. The molecule has 0 spiro atoms. The molecule has 1 atom stereocenters. The van der Waals surface area contributed by atoms with Crippen molar-refractivity contribution in [2.24, 2.45) is 5.92 Å². The third kappa shape index (κ3) is 3.10. The van der Waals surface area contributed by atoms with Gasteiger partial charge in [0.25, 0.3) is 5.91 Å². The molecule has 110 valence electrons. The van der Waals surface area contributed by atoms with Gasteiger partial charge in [0.1, 0.15) is 5.76 Å². The highest BCUT2D eigenvalue weighted by atomic mass is 35.5. The number of aryl methyl sites for hydroxylation is 1. The first-order valence-electron chi connectivity index (χ1n) is 7.13. The molecule has 1 N–H and O–H groups in total. The number of nitrogens with zero attached hydrogens (tertiary/aromatic N) is 1. The van der Waals surface area contributed by atoms with Crippen LogP contribution in [0, 0.1) is 5.92 Å². The molecule has 1 aliphatic rings. The van der Waals surface area contributed by atoms with Crippen LogP contribution in [0.25, 0.3) is 0 Å². The maximum absolute atomic E-state index is 12.3. The summed E-state index contributed by atoms with van der Waals surface area (Å²) in [5.41, 5.74) is 2.36. The molecule has 0 radical (unpaired) electrons. The molecule has 1 aromatic carbocycles. The molecular weight excluding hydrogens is 288 g/mol. The SMILES string of the molecule is CC1CCc2onc(C(=O)NCc3cccc(Cl)c3)c2C1. The molecule has 2 aromatic rings. The number of aromatic nitrogens is 1. The molecule has 5 heteroatoms. The molecule has 1 unspecified atom stereocenters. The first-order valence-corrected chi connectivity index (χ1v) is 7.51. The average molecular weight is 305 g/mol. The van der Waals surface area contributed by atoms with E-state index in [1.54, 1.807) is 0 Å². The van der Waals surface area contributed by atoms with Crippen LogP contribution in [0.4, 0.5) is 0 Å². The Hall–Kier alpha value is -1.81. The highest BCUT2D eigenvalue weighted by Gasteiger charge is 2.26. The van der Waals surface area contributed by atoms with Crippen LogP contribution in [0.2, 0.25) is 5.02 Å². The van der Waals surface area contributed by atoms with Gasteiger partial charge in [-0.05, 0) is 36.5 Å². The number of hydrogen-bond donors (Lipinski definition) is 1. The zero-order chi connectivity index (χ0) is 14.8. The van der Waals surface area contributed by atoms with Gasteiger partial charge in [-0.25, -0.2) is 0 Å². The number of hydrogen-bond acceptors (Lipinski definition) is 3. The summed E-state index contributed by atoms with van der Waals surface area (Å²) >= 11 is 5.93. The van der Waals surface area contributed by atoms with Gasteiger partial charge < -0.3 is 9.84 Å². The van der Waals surface area contributed by atoms with Gasteiger partial charge in [0.2, 0.25) is 0 Å². The lowest BCUT2D eigenvalue weighted by Crippen LogP contribution is -2.25. The fourth-order valence-electron chi connectivity index (χ4n) is 2.67. The lowest BCUT2D eigenvalue weighted by molar-refractivity contribution is 0.0941. The number of benzene rings is 1. The lowest BCUT2D eigenvalue weighted by atomic mass is 9.88. The number of fused-ring (bicyclic) bond motifs is 1. The van der Waals surface area contributed by atoms with Crippen molar-refractivity contribution in [2.45, 2.75) is 32.7 Å².